The maximum atomic E-state index is 11.7. The zero-order valence-electron chi connectivity index (χ0n) is 10.5. The Hall–Kier alpha value is -1.51. The van der Waals surface area contributed by atoms with Crippen LogP contribution < -0.4 is 10.6 Å². The smallest absolute Gasteiger partial charge is 0.319 e. The van der Waals surface area contributed by atoms with Gasteiger partial charge in [0.15, 0.2) is 0 Å². The standard InChI is InChI=1S/C14H20N2O/c1-3-10(2)15-14(17)16-13-8-7-11-5-4-6-12(11)9-13/h7-10H,3-6H2,1-2H3,(H2,15,16,17)/t10-/m0/s1. The van der Waals surface area contributed by atoms with Gasteiger partial charge in [-0.1, -0.05) is 13.0 Å². The van der Waals surface area contributed by atoms with Gasteiger partial charge in [-0.15, -0.1) is 0 Å². The van der Waals surface area contributed by atoms with Crippen molar-refractivity contribution in [2.45, 2.75) is 45.6 Å². The Balaban J connectivity index is 1.97. The summed E-state index contributed by atoms with van der Waals surface area (Å²) < 4.78 is 0. The van der Waals surface area contributed by atoms with E-state index in [4.69, 9.17) is 0 Å². The molecule has 0 heterocycles. The molecule has 1 aromatic carbocycles. The van der Waals surface area contributed by atoms with Crippen molar-refractivity contribution in [2.75, 3.05) is 5.32 Å². The number of carbonyl (C=O) groups excluding carboxylic acids is 1. The van der Waals surface area contributed by atoms with Crippen LogP contribution in [0.3, 0.4) is 0 Å². The number of hydrogen-bond donors (Lipinski definition) is 2. The fourth-order valence-corrected chi connectivity index (χ4v) is 2.14. The van der Waals surface area contributed by atoms with E-state index in [1.54, 1.807) is 0 Å². The summed E-state index contributed by atoms with van der Waals surface area (Å²) in [5.41, 5.74) is 3.70. The van der Waals surface area contributed by atoms with Gasteiger partial charge in [0.05, 0.1) is 0 Å². The van der Waals surface area contributed by atoms with Crippen LogP contribution in [-0.4, -0.2) is 12.1 Å². The summed E-state index contributed by atoms with van der Waals surface area (Å²) in [6.07, 6.45) is 4.49. The van der Waals surface area contributed by atoms with E-state index in [2.05, 4.69) is 29.7 Å². The molecule has 0 bridgehead atoms. The van der Waals surface area contributed by atoms with Crippen LogP contribution in [-0.2, 0) is 12.8 Å². The van der Waals surface area contributed by atoms with Gasteiger partial charge in [0, 0.05) is 11.7 Å². The van der Waals surface area contributed by atoms with Crippen LogP contribution in [0.4, 0.5) is 10.5 Å². The summed E-state index contributed by atoms with van der Waals surface area (Å²) in [5.74, 6) is 0. The van der Waals surface area contributed by atoms with Gasteiger partial charge in [0.25, 0.3) is 0 Å². The highest BCUT2D eigenvalue weighted by Gasteiger charge is 2.12. The van der Waals surface area contributed by atoms with Crippen molar-refractivity contribution >= 4 is 11.7 Å². The highest BCUT2D eigenvalue weighted by atomic mass is 16.2. The van der Waals surface area contributed by atoms with E-state index in [-0.39, 0.29) is 12.1 Å². The van der Waals surface area contributed by atoms with Gasteiger partial charge in [0.2, 0.25) is 0 Å². The fraction of sp³-hybridized carbons (Fsp3) is 0.500. The van der Waals surface area contributed by atoms with Crippen LogP contribution in [0.25, 0.3) is 0 Å². The van der Waals surface area contributed by atoms with Crippen molar-refractivity contribution < 1.29 is 4.79 Å². The van der Waals surface area contributed by atoms with E-state index in [1.807, 2.05) is 13.0 Å². The Morgan fingerprint density at radius 3 is 2.88 bits per heavy atom. The monoisotopic (exact) mass is 232 g/mol. The lowest BCUT2D eigenvalue weighted by Gasteiger charge is -2.13. The topological polar surface area (TPSA) is 41.1 Å². The maximum Gasteiger partial charge on any atom is 0.319 e. The van der Waals surface area contributed by atoms with Crippen molar-refractivity contribution in [3.8, 4) is 0 Å². The van der Waals surface area contributed by atoms with E-state index in [0.717, 1.165) is 18.5 Å². The lowest BCUT2D eigenvalue weighted by molar-refractivity contribution is 0.249. The van der Waals surface area contributed by atoms with E-state index in [9.17, 15) is 4.79 Å². The number of benzene rings is 1. The molecule has 1 aliphatic rings. The quantitative estimate of drug-likeness (QED) is 0.826. The Morgan fingerprint density at radius 2 is 2.12 bits per heavy atom. The summed E-state index contributed by atoms with van der Waals surface area (Å²) in [6, 6.07) is 6.31. The second-order valence-electron chi connectivity index (χ2n) is 4.74. The van der Waals surface area contributed by atoms with Crippen molar-refractivity contribution in [2.24, 2.45) is 0 Å². The predicted molar refractivity (Wildman–Crippen MR) is 70.4 cm³/mol. The molecule has 0 saturated heterocycles. The molecule has 92 valence electrons. The third kappa shape index (κ3) is 2.99. The van der Waals surface area contributed by atoms with Crippen LogP contribution in [0, 0.1) is 0 Å². The first kappa shape index (κ1) is 12.0. The summed E-state index contributed by atoms with van der Waals surface area (Å²) >= 11 is 0. The van der Waals surface area contributed by atoms with Crippen molar-refractivity contribution in [3.05, 3.63) is 29.3 Å². The number of nitrogens with one attached hydrogen (secondary N) is 2. The number of anilines is 1. The first-order valence-corrected chi connectivity index (χ1v) is 6.38. The molecule has 0 unspecified atom stereocenters. The second kappa shape index (κ2) is 5.21. The molecule has 0 aliphatic heterocycles. The first-order valence-electron chi connectivity index (χ1n) is 6.38. The van der Waals surface area contributed by atoms with Crippen LogP contribution in [0.5, 0.6) is 0 Å². The molecule has 17 heavy (non-hydrogen) atoms. The minimum absolute atomic E-state index is 0.114. The van der Waals surface area contributed by atoms with Gasteiger partial charge in [-0.25, -0.2) is 4.79 Å². The molecule has 3 nitrogen and oxygen atoms in total. The van der Waals surface area contributed by atoms with E-state index < -0.39 is 0 Å². The minimum Gasteiger partial charge on any atom is -0.335 e. The van der Waals surface area contributed by atoms with Gasteiger partial charge in [-0.2, -0.15) is 0 Å². The lowest BCUT2D eigenvalue weighted by atomic mass is 10.1. The summed E-state index contributed by atoms with van der Waals surface area (Å²) in [5, 5.41) is 5.78. The second-order valence-corrected chi connectivity index (χ2v) is 4.74. The molecule has 1 aromatic rings. The number of hydrogen-bond acceptors (Lipinski definition) is 1. The molecule has 0 aromatic heterocycles. The van der Waals surface area contributed by atoms with E-state index in [1.165, 1.54) is 24.0 Å². The molecule has 2 rings (SSSR count). The first-order chi connectivity index (χ1) is 8.19. The third-order valence-electron chi connectivity index (χ3n) is 3.35. The Kier molecular flexibility index (Phi) is 3.67. The van der Waals surface area contributed by atoms with Gasteiger partial charge >= 0.3 is 6.03 Å². The molecule has 2 amide bonds. The molecular weight excluding hydrogens is 212 g/mol. The lowest BCUT2D eigenvalue weighted by Crippen LogP contribution is -2.35. The van der Waals surface area contributed by atoms with Crippen molar-refractivity contribution in [3.63, 3.8) is 0 Å². The Morgan fingerprint density at radius 1 is 1.35 bits per heavy atom. The molecule has 1 atom stereocenters. The summed E-state index contributed by atoms with van der Waals surface area (Å²) in [6.45, 7) is 4.06. The molecule has 0 radical (unpaired) electrons. The fourth-order valence-electron chi connectivity index (χ4n) is 2.14. The van der Waals surface area contributed by atoms with Crippen LogP contribution in [0.1, 0.15) is 37.8 Å². The molecule has 0 saturated carbocycles. The Labute approximate surface area is 103 Å². The summed E-state index contributed by atoms with van der Waals surface area (Å²) in [4.78, 5) is 11.7. The number of carbonyl (C=O) groups is 1. The molecule has 2 N–H and O–H groups in total. The minimum atomic E-state index is -0.114. The molecule has 0 spiro atoms. The van der Waals surface area contributed by atoms with E-state index >= 15 is 0 Å². The maximum absolute atomic E-state index is 11.7. The largest absolute Gasteiger partial charge is 0.335 e. The van der Waals surface area contributed by atoms with Gasteiger partial charge in [0.1, 0.15) is 0 Å². The highest BCUT2D eigenvalue weighted by Crippen LogP contribution is 2.24. The SMILES string of the molecule is CC[C@H](C)NC(=O)Nc1ccc2c(c1)CCC2. The van der Waals surface area contributed by atoms with E-state index in [0.29, 0.717) is 0 Å². The predicted octanol–water partition coefficient (Wildman–Crippen LogP) is 3.10. The van der Waals surface area contributed by atoms with Crippen LogP contribution >= 0.6 is 0 Å². The number of fused-ring (bicyclic) bond motifs is 1. The van der Waals surface area contributed by atoms with Gasteiger partial charge in [-0.3, -0.25) is 0 Å². The van der Waals surface area contributed by atoms with Crippen LogP contribution in [0.2, 0.25) is 0 Å². The van der Waals surface area contributed by atoms with Crippen molar-refractivity contribution in [1.29, 1.82) is 0 Å². The molecule has 0 fully saturated rings. The van der Waals surface area contributed by atoms with Gasteiger partial charge in [-0.05, 0) is 55.9 Å². The van der Waals surface area contributed by atoms with Crippen LogP contribution in [0.15, 0.2) is 18.2 Å². The number of rotatable bonds is 3. The van der Waals surface area contributed by atoms with Gasteiger partial charge < -0.3 is 10.6 Å². The molecule has 3 heteroatoms. The van der Waals surface area contributed by atoms with Crippen molar-refractivity contribution in [1.82, 2.24) is 5.32 Å². The zero-order chi connectivity index (χ0) is 12.3. The number of urea groups is 1. The third-order valence-corrected chi connectivity index (χ3v) is 3.35. The molecular formula is C14H20N2O. The molecule has 1 aliphatic carbocycles. The normalized spacial score (nSPS) is 15.2. The highest BCUT2D eigenvalue weighted by molar-refractivity contribution is 5.89. The number of amides is 2. The number of aryl methyl sites for hydroxylation is 2. The zero-order valence-corrected chi connectivity index (χ0v) is 10.5. The average Bonchev–Trinajstić information content (AvgIpc) is 2.75. The average molecular weight is 232 g/mol. The summed E-state index contributed by atoms with van der Waals surface area (Å²) in [7, 11) is 0. The Bertz CT molecular complexity index is 415.